The van der Waals surface area contributed by atoms with Gasteiger partial charge in [0, 0.05) is 13.0 Å². The summed E-state index contributed by atoms with van der Waals surface area (Å²) in [5, 5.41) is 2.76. The lowest BCUT2D eigenvalue weighted by atomic mass is 10.1. The van der Waals surface area contributed by atoms with Crippen LogP contribution in [0.3, 0.4) is 0 Å². The monoisotopic (exact) mass is 143 g/mol. The molecule has 60 valence electrons. The molecule has 0 spiro atoms. The van der Waals surface area contributed by atoms with Crippen LogP contribution in [0.2, 0.25) is 0 Å². The van der Waals surface area contributed by atoms with Gasteiger partial charge in [0.15, 0.2) is 0 Å². The largest absolute Gasteiger partial charge is 0.356 e. The predicted molar refractivity (Wildman–Crippen MR) is 42.8 cm³/mol. The number of rotatable bonds is 4. The number of carbonyl (C=O) groups is 1. The summed E-state index contributed by atoms with van der Waals surface area (Å²) in [4.78, 5) is 10.8. The first kappa shape index (κ1) is 9.47. The number of nitrogens with one attached hydrogen (secondary N) is 1. The van der Waals surface area contributed by atoms with Crippen molar-refractivity contribution in [1.82, 2.24) is 5.32 Å². The molecule has 0 unspecified atom stereocenters. The van der Waals surface area contributed by atoms with Crippen molar-refractivity contribution in [2.45, 2.75) is 33.6 Å². The van der Waals surface area contributed by atoms with Gasteiger partial charge in [0.05, 0.1) is 0 Å². The van der Waals surface area contributed by atoms with Gasteiger partial charge in [-0.05, 0) is 19.3 Å². The summed E-state index contributed by atoms with van der Waals surface area (Å²) in [6.45, 7) is 6.93. The van der Waals surface area contributed by atoms with Gasteiger partial charge in [0.25, 0.3) is 0 Å². The normalized spacial score (nSPS) is 10.0. The van der Waals surface area contributed by atoms with Crippen molar-refractivity contribution in [3.63, 3.8) is 0 Å². The van der Waals surface area contributed by atoms with Crippen molar-refractivity contribution in [2.75, 3.05) is 6.54 Å². The average molecular weight is 143 g/mol. The molecule has 0 fully saturated rings. The van der Waals surface area contributed by atoms with Crippen LogP contribution < -0.4 is 5.32 Å². The van der Waals surface area contributed by atoms with Crippen LogP contribution in [0.25, 0.3) is 0 Å². The van der Waals surface area contributed by atoms with Crippen molar-refractivity contribution in [3.05, 3.63) is 0 Å². The Morgan fingerprint density at radius 3 is 2.50 bits per heavy atom. The van der Waals surface area contributed by atoms with E-state index in [9.17, 15) is 4.79 Å². The molecule has 0 heterocycles. The van der Waals surface area contributed by atoms with Crippen molar-refractivity contribution in [3.8, 4) is 0 Å². The van der Waals surface area contributed by atoms with Gasteiger partial charge >= 0.3 is 0 Å². The van der Waals surface area contributed by atoms with E-state index in [1.165, 1.54) is 0 Å². The third-order valence-electron chi connectivity index (χ3n) is 1.32. The Morgan fingerprint density at radius 2 is 2.10 bits per heavy atom. The molecular weight excluding hydrogens is 126 g/mol. The fraction of sp³-hybridized carbons (Fsp3) is 0.875. The van der Waals surface area contributed by atoms with Gasteiger partial charge in [0.1, 0.15) is 0 Å². The molecule has 10 heavy (non-hydrogen) atoms. The highest BCUT2D eigenvalue weighted by Gasteiger charge is 2.00. The topological polar surface area (TPSA) is 29.1 Å². The lowest BCUT2D eigenvalue weighted by molar-refractivity contribution is -0.121. The average Bonchev–Trinajstić information content (AvgIpc) is 1.85. The molecule has 1 N–H and O–H groups in total. The van der Waals surface area contributed by atoms with Crippen molar-refractivity contribution < 1.29 is 4.79 Å². The van der Waals surface area contributed by atoms with Crippen LogP contribution in [0.5, 0.6) is 0 Å². The summed E-state index contributed by atoms with van der Waals surface area (Å²) in [6, 6.07) is 0. The van der Waals surface area contributed by atoms with Crippen LogP contribution in [-0.2, 0) is 4.79 Å². The minimum absolute atomic E-state index is 0.177. The summed E-state index contributed by atoms with van der Waals surface area (Å²) in [5.41, 5.74) is 0. The molecule has 2 heteroatoms. The van der Waals surface area contributed by atoms with Crippen LogP contribution in [0.15, 0.2) is 0 Å². The van der Waals surface area contributed by atoms with E-state index in [1.807, 2.05) is 6.92 Å². The summed E-state index contributed by atoms with van der Waals surface area (Å²) < 4.78 is 0. The first-order valence-electron chi connectivity index (χ1n) is 3.93. The van der Waals surface area contributed by atoms with Crippen LogP contribution >= 0.6 is 0 Å². The van der Waals surface area contributed by atoms with E-state index in [4.69, 9.17) is 0 Å². The second kappa shape index (κ2) is 5.27. The first-order chi connectivity index (χ1) is 4.66. The zero-order valence-corrected chi connectivity index (χ0v) is 7.11. The SMILES string of the molecule is CCNC(=O)CCC(C)C. The molecule has 0 aliphatic heterocycles. The van der Waals surface area contributed by atoms with Crippen LogP contribution in [0.1, 0.15) is 33.6 Å². The molecule has 0 aliphatic rings. The van der Waals surface area contributed by atoms with E-state index in [2.05, 4.69) is 19.2 Å². The maximum Gasteiger partial charge on any atom is 0.219 e. The Bertz CT molecular complexity index is 99.4. The molecule has 0 saturated heterocycles. The van der Waals surface area contributed by atoms with Crippen LogP contribution in [0.4, 0.5) is 0 Å². The van der Waals surface area contributed by atoms with Gasteiger partial charge in [-0.25, -0.2) is 0 Å². The van der Waals surface area contributed by atoms with Gasteiger partial charge in [-0.1, -0.05) is 13.8 Å². The van der Waals surface area contributed by atoms with Gasteiger partial charge in [-0.3, -0.25) is 4.79 Å². The molecule has 0 aromatic heterocycles. The van der Waals surface area contributed by atoms with E-state index in [0.29, 0.717) is 12.3 Å². The Balaban J connectivity index is 3.22. The molecular formula is C8H17NO. The minimum atomic E-state index is 0.177. The van der Waals surface area contributed by atoms with E-state index >= 15 is 0 Å². The first-order valence-corrected chi connectivity index (χ1v) is 3.93. The van der Waals surface area contributed by atoms with Gasteiger partial charge in [0.2, 0.25) is 5.91 Å². The molecule has 0 bridgehead atoms. The highest BCUT2D eigenvalue weighted by molar-refractivity contribution is 5.75. The lowest BCUT2D eigenvalue weighted by Crippen LogP contribution is -2.22. The standard InChI is InChI=1S/C8H17NO/c1-4-9-8(10)6-5-7(2)3/h7H,4-6H2,1-3H3,(H,9,10). The van der Waals surface area contributed by atoms with Crippen molar-refractivity contribution >= 4 is 5.91 Å². The quantitative estimate of drug-likeness (QED) is 0.635. The number of hydrogen-bond acceptors (Lipinski definition) is 1. The molecule has 0 aromatic rings. The Hall–Kier alpha value is -0.530. The van der Waals surface area contributed by atoms with Gasteiger partial charge in [-0.2, -0.15) is 0 Å². The van der Waals surface area contributed by atoms with E-state index in [-0.39, 0.29) is 5.91 Å². The molecule has 1 amide bonds. The van der Waals surface area contributed by atoms with Crippen LogP contribution in [-0.4, -0.2) is 12.5 Å². The molecule has 0 saturated carbocycles. The van der Waals surface area contributed by atoms with Crippen molar-refractivity contribution in [1.29, 1.82) is 0 Å². The van der Waals surface area contributed by atoms with E-state index in [0.717, 1.165) is 13.0 Å². The van der Waals surface area contributed by atoms with Gasteiger partial charge in [-0.15, -0.1) is 0 Å². The summed E-state index contributed by atoms with van der Waals surface area (Å²) >= 11 is 0. The molecule has 0 atom stereocenters. The maximum atomic E-state index is 10.8. The fourth-order valence-electron chi connectivity index (χ4n) is 0.705. The summed E-state index contributed by atoms with van der Waals surface area (Å²) in [7, 11) is 0. The highest BCUT2D eigenvalue weighted by atomic mass is 16.1. The second-order valence-electron chi connectivity index (χ2n) is 2.89. The lowest BCUT2D eigenvalue weighted by Gasteiger charge is -2.03. The third kappa shape index (κ3) is 5.60. The minimum Gasteiger partial charge on any atom is -0.356 e. The Kier molecular flexibility index (Phi) is 4.99. The fourth-order valence-corrected chi connectivity index (χ4v) is 0.705. The smallest absolute Gasteiger partial charge is 0.219 e. The molecule has 0 aromatic carbocycles. The third-order valence-corrected chi connectivity index (χ3v) is 1.32. The number of amides is 1. The van der Waals surface area contributed by atoms with Crippen molar-refractivity contribution in [2.24, 2.45) is 5.92 Å². The Morgan fingerprint density at radius 1 is 1.50 bits per heavy atom. The zero-order valence-electron chi connectivity index (χ0n) is 7.11. The highest BCUT2D eigenvalue weighted by Crippen LogP contribution is 2.02. The van der Waals surface area contributed by atoms with E-state index in [1.54, 1.807) is 0 Å². The zero-order chi connectivity index (χ0) is 7.98. The Labute approximate surface area is 63.0 Å². The van der Waals surface area contributed by atoms with E-state index < -0.39 is 0 Å². The summed E-state index contributed by atoms with van der Waals surface area (Å²) in [5.74, 6) is 0.804. The van der Waals surface area contributed by atoms with Gasteiger partial charge < -0.3 is 5.32 Å². The summed E-state index contributed by atoms with van der Waals surface area (Å²) in [6.07, 6.45) is 1.66. The predicted octanol–water partition coefficient (Wildman–Crippen LogP) is 1.56. The molecule has 0 rings (SSSR count). The number of carbonyl (C=O) groups excluding carboxylic acids is 1. The second-order valence-corrected chi connectivity index (χ2v) is 2.89. The molecule has 0 aliphatic carbocycles. The number of hydrogen-bond donors (Lipinski definition) is 1. The van der Waals surface area contributed by atoms with Crippen LogP contribution in [0, 0.1) is 5.92 Å². The molecule has 2 nitrogen and oxygen atoms in total. The molecule has 0 radical (unpaired) electrons. The maximum absolute atomic E-state index is 10.8.